The molecule has 23 heavy (non-hydrogen) atoms. The Morgan fingerprint density at radius 3 is 2.39 bits per heavy atom. The minimum atomic E-state index is -0.595. The first-order valence-electron chi connectivity index (χ1n) is 8.44. The number of hydrogen-bond donors (Lipinski definition) is 0. The van der Waals surface area contributed by atoms with Crippen LogP contribution in [0.3, 0.4) is 0 Å². The summed E-state index contributed by atoms with van der Waals surface area (Å²) >= 11 is 0. The van der Waals surface area contributed by atoms with Gasteiger partial charge in [-0.05, 0) is 51.9 Å². The second-order valence-corrected chi connectivity index (χ2v) is 7.74. The van der Waals surface area contributed by atoms with E-state index in [0.717, 1.165) is 25.7 Å². The number of methoxy groups -OCH3 is 1. The predicted octanol–water partition coefficient (Wildman–Crippen LogP) is 3.67. The normalized spacial score (nSPS) is 26.3. The van der Waals surface area contributed by atoms with Crippen LogP contribution in [0, 0.1) is 5.41 Å². The average molecular weight is 323 g/mol. The molecule has 130 valence electrons. The van der Waals surface area contributed by atoms with Gasteiger partial charge in [-0.3, -0.25) is 4.90 Å². The highest BCUT2D eigenvalue weighted by molar-refractivity contribution is 5.83. The largest absolute Gasteiger partial charge is 0.467 e. The van der Waals surface area contributed by atoms with Gasteiger partial charge < -0.3 is 9.47 Å². The van der Waals surface area contributed by atoms with E-state index in [0.29, 0.717) is 12.8 Å². The fourth-order valence-electron chi connectivity index (χ4n) is 4.17. The van der Waals surface area contributed by atoms with Crippen molar-refractivity contribution < 1.29 is 19.1 Å². The maximum atomic E-state index is 12.8. The summed E-state index contributed by atoms with van der Waals surface area (Å²) in [5.74, 6) is -0.353. The third-order valence-corrected chi connectivity index (χ3v) is 5.05. The average Bonchev–Trinajstić information content (AvgIpc) is 3.04. The molecule has 1 spiro atoms. The molecular formula is C18H29NO4. The molecule has 2 rings (SSSR count). The molecule has 1 amide bonds. The number of likely N-dealkylation sites (tertiary alicyclic amines) is 1. The topological polar surface area (TPSA) is 55.8 Å². The highest BCUT2D eigenvalue weighted by Crippen LogP contribution is 2.53. The number of nitrogens with zero attached hydrogens (tertiary/aromatic N) is 1. The summed E-state index contributed by atoms with van der Waals surface area (Å²) in [5.41, 5.74) is -0.605. The molecular weight excluding hydrogens is 294 g/mol. The fourth-order valence-corrected chi connectivity index (χ4v) is 4.17. The summed E-state index contributed by atoms with van der Waals surface area (Å²) in [5, 5.41) is 0. The van der Waals surface area contributed by atoms with Gasteiger partial charge in [-0.25, -0.2) is 9.59 Å². The van der Waals surface area contributed by atoms with Crippen LogP contribution in [0.5, 0.6) is 0 Å². The molecule has 0 unspecified atom stereocenters. The molecule has 5 heteroatoms. The van der Waals surface area contributed by atoms with Crippen LogP contribution in [-0.2, 0) is 14.3 Å². The van der Waals surface area contributed by atoms with Crippen molar-refractivity contribution >= 4 is 12.1 Å². The maximum Gasteiger partial charge on any atom is 0.411 e. The number of carbonyl (C=O) groups is 2. The summed E-state index contributed by atoms with van der Waals surface area (Å²) < 4.78 is 10.5. The number of esters is 1. The van der Waals surface area contributed by atoms with Crippen molar-refractivity contribution in [3.8, 4) is 0 Å². The lowest BCUT2D eigenvalue weighted by molar-refractivity contribution is -0.146. The van der Waals surface area contributed by atoms with E-state index in [9.17, 15) is 9.59 Å². The standard InChI is InChI=1S/C18H29NO4/c1-6-9-14-18(10-7-8-11-18)12-13(15(20)22-5)19(14)16(21)23-17(2,3)4/h6,13-14H,1,7-12H2,2-5H3/t13-,14-/m0/s1. The van der Waals surface area contributed by atoms with Crippen molar-refractivity contribution in [1.82, 2.24) is 4.90 Å². The number of rotatable bonds is 3. The molecule has 0 aromatic carbocycles. The zero-order valence-electron chi connectivity index (χ0n) is 14.8. The van der Waals surface area contributed by atoms with Crippen LogP contribution in [0.25, 0.3) is 0 Å². The molecule has 2 fully saturated rings. The molecule has 0 radical (unpaired) electrons. The van der Waals surface area contributed by atoms with Gasteiger partial charge in [0.25, 0.3) is 0 Å². The van der Waals surface area contributed by atoms with Gasteiger partial charge >= 0.3 is 12.1 Å². The molecule has 0 aromatic heterocycles. The summed E-state index contributed by atoms with van der Waals surface area (Å²) in [4.78, 5) is 26.7. The van der Waals surface area contributed by atoms with Crippen molar-refractivity contribution in [1.29, 1.82) is 0 Å². The Bertz CT molecular complexity index is 474. The second-order valence-electron chi connectivity index (χ2n) is 7.74. The molecule has 2 atom stereocenters. The zero-order chi connectivity index (χ0) is 17.3. The molecule has 1 saturated heterocycles. The first kappa shape index (κ1) is 17.8. The summed E-state index contributed by atoms with van der Waals surface area (Å²) in [7, 11) is 1.37. The van der Waals surface area contributed by atoms with Gasteiger partial charge in [0.1, 0.15) is 11.6 Å². The van der Waals surface area contributed by atoms with Gasteiger partial charge in [-0.2, -0.15) is 0 Å². The lowest BCUT2D eigenvalue weighted by Gasteiger charge is -2.36. The van der Waals surface area contributed by atoms with E-state index in [4.69, 9.17) is 9.47 Å². The number of carbonyl (C=O) groups excluding carboxylic acids is 2. The van der Waals surface area contributed by atoms with E-state index in [1.165, 1.54) is 7.11 Å². The first-order chi connectivity index (χ1) is 10.7. The van der Waals surface area contributed by atoms with E-state index in [2.05, 4.69) is 6.58 Å². The van der Waals surface area contributed by atoms with Crippen molar-refractivity contribution in [3.05, 3.63) is 12.7 Å². The summed E-state index contributed by atoms with van der Waals surface area (Å²) in [6.45, 7) is 9.35. The minimum Gasteiger partial charge on any atom is -0.467 e. The van der Waals surface area contributed by atoms with Crippen molar-refractivity contribution in [2.24, 2.45) is 5.41 Å². The molecule has 1 heterocycles. The van der Waals surface area contributed by atoms with Crippen LogP contribution in [0.15, 0.2) is 12.7 Å². The van der Waals surface area contributed by atoms with Gasteiger partial charge in [-0.1, -0.05) is 18.9 Å². The van der Waals surface area contributed by atoms with Crippen molar-refractivity contribution in [3.63, 3.8) is 0 Å². The van der Waals surface area contributed by atoms with Crippen molar-refractivity contribution in [2.75, 3.05) is 7.11 Å². The Labute approximate surface area is 139 Å². The fraction of sp³-hybridized carbons (Fsp3) is 0.778. The Morgan fingerprint density at radius 2 is 1.91 bits per heavy atom. The van der Waals surface area contributed by atoms with Crippen LogP contribution in [0.4, 0.5) is 4.79 Å². The Morgan fingerprint density at radius 1 is 1.30 bits per heavy atom. The lowest BCUT2D eigenvalue weighted by Crippen LogP contribution is -2.49. The van der Waals surface area contributed by atoms with E-state index < -0.39 is 17.7 Å². The third kappa shape index (κ3) is 3.54. The quantitative estimate of drug-likeness (QED) is 0.587. The van der Waals surface area contributed by atoms with Crippen LogP contribution in [0.2, 0.25) is 0 Å². The monoisotopic (exact) mass is 323 g/mol. The molecule has 0 N–H and O–H groups in total. The van der Waals surface area contributed by atoms with E-state index in [1.807, 2.05) is 26.8 Å². The van der Waals surface area contributed by atoms with Gasteiger partial charge in [0.15, 0.2) is 0 Å². The molecule has 0 aromatic rings. The third-order valence-electron chi connectivity index (χ3n) is 5.05. The highest BCUT2D eigenvalue weighted by Gasteiger charge is 2.57. The van der Waals surface area contributed by atoms with Crippen LogP contribution in [0.1, 0.15) is 59.3 Å². The van der Waals surface area contributed by atoms with Crippen LogP contribution in [-0.4, -0.2) is 41.8 Å². The summed E-state index contributed by atoms with van der Waals surface area (Å²) in [6, 6.07) is -0.598. The Kier molecular flexibility index (Phi) is 5.07. The van der Waals surface area contributed by atoms with Gasteiger partial charge in [0, 0.05) is 6.04 Å². The maximum absolute atomic E-state index is 12.8. The predicted molar refractivity (Wildman–Crippen MR) is 88.0 cm³/mol. The highest BCUT2D eigenvalue weighted by atomic mass is 16.6. The molecule has 2 aliphatic rings. The number of ether oxygens (including phenoxy) is 2. The van der Waals surface area contributed by atoms with E-state index >= 15 is 0 Å². The van der Waals surface area contributed by atoms with E-state index in [-0.39, 0.29) is 17.4 Å². The SMILES string of the molecule is C=CC[C@@H]1N(C(=O)OC(C)(C)C)[C@H](C(=O)OC)CC12CCCC2. The first-order valence-corrected chi connectivity index (χ1v) is 8.44. The van der Waals surface area contributed by atoms with Gasteiger partial charge in [0.2, 0.25) is 0 Å². The van der Waals surface area contributed by atoms with Crippen LogP contribution < -0.4 is 0 Å². The molecule has 5 nitrogen and oxygen atoms in total. The Hall–Kier alpha value is -1.52. The van der Waals surface area contributed by atoms with E-state index in [1.54, 1.807) is 4.90 Å². The zero-order valence-corrected chi connectivity index (χ0v) is 14.8. The van der Waals surface area contributed by atoms with Gasteiger partial charge in [-0.15, -0.1) is 6.58 Å². The molecule has 1 aliphatic heterocycles. The number of hydrogen-bond acceptors (Lipinski definition) is 4. The molecule has 1 saturated carbocycles. The Balaban J connectivity index is 2.36. The number of amides is 1. The van der Waals surface area contributed by atoms with Crippen molar-refractivity contribution in [2.45, 2.75) is 77.0 Å². The molecule has 1 aliphatic carbocycles. The second kappa shape index (κ2) is 6.54. The summed E-state index contributed by atoms with van der Waals surface area (Å²) in [6.07, 6.45) is 7.11. The molecule has 0 bridgehead atoms. The minimum absolute atomic E-state index is 0.00997. The smallest absolute Gasteiger partial charge is 0.411 e. The lowest BCUT2D eigenvalue weighted by atomic mass is 9.76. The van der Waals surface area contributed by atoms with Gasteiger partial charge in [0.05, 0.1) is 7.11 Å². The van der Waals surface area contributed by atoms with Crippen LogP contribution >= 0.6 is 0 Å².